The summed E-state index contributed by atoms with van der Waals surface area (Å²) in [7, 11) is 0. The van der Waals surface area contributed by atoms with Crippen molar-refractivity contribution >= 4 is 17.3 Å². The van der Waals surface area contributed by atoms with E-state index in [1.807, 2.05) is 0 Å². The smallest absolute Gasteiger partial charge is 0.245 e. The first-order valence-electron chi connectivity index (χ1n) is 7.02. The SMILES string of the molecule is Cc1cscc1-c1nc(N2CCCC(C)(CN)C2)n[nH]1. The van der Waals surface area contributed by atoms with Crippen molar-refractivity contribution in [2.24, 2.45) is 11.1 Å². The number of thiophene rings is 1. The fourth-order valence-corrected chi connectivity index (χ4v) is 3.60. The Balaban J connectivity index is 1.82. The van der Waals surface area contributed by atoms with Gasteiger partial charge in [-0.3, -0.25) is 5.10 Å². The van der Waals surface area contributed by atoms with Gasteiger partial charge in [0.1, 0.15) is 0 Å². The molecular weight excluding hydrogens is 270 g/mol. The second kappa shape index (κ2) is 5.18. The molecular formula is C14H21N5S. The number of nitrogens with two attached hydrogens (primary N) is 1. The summed E-state index contributed by atoms with van der Waals surface area (Å²) >= 11 is 1.69. The van der Waals surface area contributed by atoms with Gasteiger partial charge in [0.2, 0.25) is 5.95 Å². The van der Waals surface area contributed by atoms with Crippen molar-refractivity contribution in [1.29, 1.82) is 0 Å². The number of H-pyrrole nitrogens is 1. The molecule has 20 heavy (non-hydrogen) atoms. The van der Waals surface area contributed by atoms with Gasteiger partial charge in [-0.15, -0.1) is 5.10 Å². The maximum Gasteiger partial charge on any atom is 0.245 e. The number of hydrogen-bond acceptors (Lipinski definition) is 5. The molecule has 5 nitrogen and oxygen atoms in total. The molecule has 1 aliphatic rings. The second-order valence-electron chi connectivity index (χ2n) is 5.99. The number of piperidine rings is 1. The fourth-order valence-electron chi connectivity index (χ4n) is 2.77. The summed E-state index contributed by atoms with van der Waals surface area (Å²) in [6.45, 7) is 7.00. The Hall–Kier alpha value is -1.40. The van der Waals surface area contributed by atoms with E-state index in [2.05, 4.69) is 44.7 Å². The number of aryl methyl sites for hydroxylation is 1. The van der Waals surface area contributed by atoms with E-state index >= 15 is 0 Å². The van der Waals surface area contributed by atoms with E-state index < -0.39 is 0 Å². The number of hydrogen-bond donors (Lipinski definition) is 2. The van der Waals surface area contributed by atoms with Crippen molar-refractivity contribution < 1.29 is 0 Å². The summed E-state index contributed by atoms with van der Waals surface area (Å²) in [6.07, 6.45) is 2.33. The Labute approximate surface area is 123 Å². The molecule has 3 heterocycles. The van der Waals surface area contributed by atoms with Crippen LogP contribution in [0, 0.1) is 12.3 Å². The van der Waals surface area contributed by atoms with Crippen LogP contribution in [0.2, 0.25) is 0 Å². The van der Waals surface area contributed by atoms with Crippen molar-refractivity contribution in [3.63, 3.8) is 0 Å². The molecule has 0 radical (unpaired) electrons. The highest BCUT2D eigenvalue weighted by molar-refractivity contribution is 7.08. The number of aromatic amines is 1. The monoisotopic (exact) mass is 291 g/mol. The Morgan fingerprint density at radius 2 is 2.35 bits per heavy atom. The van der Waals surface area contributed by atoms with Crippen LogP contribution in [0.5, 0.6) is 0 Å². The van der Waals surface area contributed by atoms with Crippen LogP contribution in [0.1, 0.15) is 25.3 Å². The number of nitrogens with zero attached hydrogens (tertiary/aromatic N) is 3. The van der Waals surface area contributed by atoms with E-state index in [4.69, 9.17) is 5.73 Å². The molecule has 108 valence electrons. The average Bonchev–Trinajstić information content (AvgIpc) is 3.07. The number of rotatable bonds is 3. The second-order valence-corrected chi connectivity index (χ2v) is 6.74. The Morgan fingerprint density at radius 1 is 1.50 bits per heavy atom. The quantitative estimate of drug-likeness (QED) is 0.911. The van der Waals surface area contributed by atoms with Crippen LogP contribution in [0.3, 0.4) is 0 Å². The molecule has 0 amide bonds. The lowest BCUT2D eigenvalue weighted by atomic mass is 9.82. The van der Waals surface area contributed by atoms with Gasteiger partial charge in [-0.2, -0.15) is 16.3 Å². The summed E-state index contributed by atoms with van der Waals surface area (Å²) in [5.41, 5.74) is 8.47. The van der Waals surface area contributed by atoms with Gasteiger partial charge in [-0.25, -0.2) is 0 Å². The summed E-state index contributed by atoms with van der Waals surface area (Å²) in [5.74, 6) is 1.66. The zero-order chi connectivity index (χ0) is 14.2. The van der Waals surface area contributed by atoms with E-state index in [1.54, 1.807) is 11.3 Å². The number of aromatic nitrogens is 3. The molecule has 0 bridgehead atoms. The Kier molecular flexibility index (Phi) is 3.52. The first-order chi connectivity index (χ1) is 9.61. The minimum absolute atomic E-state index is 0.178. The molecule has 3 rings (SSSR count). The van der Waals surface area contributed by atoms with Gasteiger partial charge in [0.05, 0.1) is 0 Å². The molecule has 2 aromatic heterocycles. The first-order valence-corrected chi connectivity index (χ1v) is 7.96. The molecule has 0 saturated carbocycles. The summed E-state index contributed by atoms with van der Waals surface area (Å²) in [6, 6.07) is 0. The van der Waals surface area contributed by atoms with Crippen LogP contribution in [0.25, 0.3) is 11.4 Å². The molecule has 0 aromatic carbocycles. The molecule has 2 aromatic rings. The van der Waals surface area contributed by atoms with Crippen LogP contribution >= 0.6 is 11.3 Å². The van der Waals surface area contributed by atoms with Crippen molar-refractivity contribution in [3.05, 3.63) is 16.3 Å². The molecule has 1 unspecified atom stereocenters. The minimum Gasteiger partial charge on any atom is -0.339 e. The van der Waals surface area contributed by atoms with E-state index in [0.29, 0.717) is 6.54 Å². The zero-order valence-corrected chi connectivity index (χ0v) is 12.8. The molecule has 1 aliphatic heterocycles. The van der Waals surface area contributed by atoms with Crippen molar-refractivity contribution in [3.8, 4) is 11.4 Å². The molecule has 6 heteroatoms. The van der Waals surface area contributed by atoms with Crippen LogP contribution in [-0.4, -0.2) is 34.8 Å². The van der Waals surface area contributed by atoms with E-state index in [-0.39, 0.29) is 5.41 Å². The van der Waals surface area contributed by atoms with Gasteiger partial charge < -0.3 is 10.6 Å². The summed E-state index contributed by atoms with van der Waals surface area (Å²) in [5, 5.41) is 11.7. The molecule has 3 N–H and O–H groups in total. The van der Waals surface area contributed by atoms with Gasteiger partial charge in [0.25, 0.3) is 0 Å². The predicted octanol–water partition coefficient (Wildman–Crippen LogP) is 2.41. The summed E-state index contributed by atoms with van der Waals surface area (Å²) < 4.78 is 0. The van der Waals surface area contributed by atoms with Gasteiger partial charge in [0, 0.05) is 24.0 Å². The van der Waals surface area contributed by atoms with Crippen LogP contribution in [-0.2, 0) is 0 Å². The maximum atomic E-state index is 5.91. The number of nitrogens with one attached hydrogen (secondary N) is 1. The largest absolute Gasteiger partial charge is 0.339 e. The Morgan fingerprint density at radius 3 is 3.05 bits per heavy atom. The molecule has 1 atom stereocenters. The van der Waals surface area contributed by atoms with Crippen molar-refractivity contribution in [1.82, 2.24) is 15.2 Å². The highest BCUT2D eigenvalue weighted by Gasteiger charge is 2.31. The first kappa shape index (κ1) is 13.6. The molecule has 1 fully saturated rings. The third kappa shape index (κ3) is 2.45. The lowest BCUT2D eigenvalue weighted by molar-refractivity contribution is 0.270. The molecule has 0 aliphatic carbocycles. The average molecular weight is 291 g/mol. The zero-order valence-electron chi connectivity index (χ0n) is 12.0. The van der Waals surface area contributed by atoms with Crippen LogP contribution in [0.4, 0.5) is 5.95 Å². The normalized spacial score (nSPS) is 23.2. The van der Waals surface area contributed by atoms with Crippen molar-refractivity contribution in [2.45, 2.75) is 26.7 Å². The van der Waals surface area contributed by atoms with Gasteiger partial charge in [-0.1, -0.05) is 6.92 Å². The molecule has 1 saturated heterocycles. The topological polar surface area (TPSA) is 70.8 Å². The lowest BCUT2D eigenvalue weighted by Crippen LogP contribution is -2.46. The third-order valence-electron chi connectivity index (χ3n) is 4.14. The summed E-state index contributed by atoms with van der Waals surface area (Å²) in [4.78, 5) is 6.91. The lowest BCUT2D eigenvalue weighted by Gasteiger charge is -2.39. The predicted molar refractivity (Wildman–Crippen MR) is 83.0 cm³/mol. The minimum atomic E-state index is 0.178. The van der Waals surface area contributed by atoms with E-state index in [0.717, 1.165) is 36.8 Å². The standard InChI is InChI=1S/C14H21N5S/c1-10-6-20-7-11(10)12-16-13(18-17-12)19-5-3-4-14(2,8-15)9-19/h6-7H,3-5,8-9,15H2,1-2H3,(H,16,17,18). The maximum absolute atomic E-state index is 5.91. The van der Waals surface area contributed by atoms with Gasteiger partial charge in [-0.05, 0) is 42.7 Å². The van der Waals surface area contributed by atoms with Gasteiger partial charge >= 0.3 is 0 Å². The van der Waals surface area contributed by atoms with Crippen LogP contribution < -0.4 is 10.6 Å². The third-order valence-corrected chi connectivity index (χ3v) is 5.00. The molecule has 0 spiro atoms. The Bertz CT molecular complexity index is 590. The van der Waals surface area contributed by atoms with E-state index in [1.165, 1.54) is 12.0 Å². The van der Waals surface area contributed by atoms with E-state index in [9.17, 15) is 0 Å². The number of anilines is 1. The van der Waals surface area contributed by atoms with Crippen molar-refractivity contribution in [2.75, 3.05) is 24.5 Å². The van der Waals surface area contributed by atoms with Crippen LogP contribution in [0.15, 0.2) is 10.8 Å². The van der Waals surface area contributed by atoms with Gasteiger partial charge in [0.15, 0.2) is 5.82 Å². The highest BCUT2D eigenvalue weighted by atomic mass is 32.1. The highest BCUT2D eigenvalue weighted by Crippen LogP contribution is 2.31. The fraction of sp³-hybridized carbons (Fsp3) is 0.571.